The Morgan fingerprint density at radius 3 is 2.85 bits per heavy atom. The van der Waals surface area contributed by atoms with Crippen molar-refractivity contribution in [2.24, 2.45) is 0 Å². The standard InChI is InChI=1S/C14H16N4O2/c19-13-11-6-2-1-5-10(11)12(17-18-13)14(20)16-9-4-3-7-15-8-9/h1-2,5-6,9,15H,3-4,7-8H2,(H,16,20)(H,18,19). The summed E-state index contributed by atoms with van der Waals surface area (Å²) in [5.41, 5.74) is -0.0118. The molecule has 1 atom stereocenters. The molecule has 2 heterocycles. The van der Waals surface area contributed by atoms with Crippen molar-refractivity contribution in [3.8, 4) is 0 Å². The van der Waals surface area contributed by atoms with Gasteiger partial charge < -0.3 is 10.6 Å². The molecule has 1 saturated heterocycles. The molecule has 6 heteroatoms. The fourth-order valence-corrected chi connectivity index (χ4v) is 2.52. The number of piperidine rings is 1. The van der Waals surface area contributed by atoms with Gasteiger partial charge in [-0.2, -0.15) is 5.10 Å². The van der Waals surface area contributed by atoms with Crippen molar-refractivity contribution in [3.63, 3.8) is 0 Å². The normalized spacial score (nSPS) is 18.9. The van der Waals surface area contributed by atoms with E-state index < -0.39 is 0 Å². The molecular formula is C14H16N4O2. The van der Waals surface area contributed by atoms with Gasteiger partial charge in [-0.25, -0.2) is 5.10 Å². The maximum Gasteiger partial charge on any atom is 0.272 e. The van der Waals surface area contributed by atoms with Crippen LogP contribution in [0.1, 0.15) is 23.3 Å². The highest BCUT2D eigenvalue weighted by Crippen LogP contribution is 2.12. The summed E-state index contributed by atoms with van der Waals surface area (Å²) in [4.78, 5) is 24.0. The predicted molar refractivity (Wildman–Crippen MR) is 75.7 cm³/mol. The SMILES string of the molecule is O=C(NC1CCCNC1)c1n[nH]c(=O)c2ccccc12. The summed E-state index contributed by atoms with van der Waals surface area (Å²) in [6.07, 6.45) is 2.00. The summed E-state index contributed by atoms with van der Waals surface area (Å²) >= 11 is 0. The fraction of sp³-hybridized carbons (Fsp3) is 0.357. The van der Waals surface area contributed by atoms with Crippen molar-refractivity contribution in [1.29, 1.82) is 0 Å². The lowest BCUT2D eigenvalue weighted by molar-refractivity contribution is 0.0926. The highest BCUT2D eigenvalue weighted by molar-refractivity contribution is 6.04. The number of amides is 1. The molecule has 0 aliphatic carbocycles. The highest BCUT2D eigenvalue weighted by Gasteiger charge is 2.19. The summed E-state index contributed by atoms with van der Waals surface area (Å²) in [6.45, 7) is 1.76. The minimum atomic E-state index is -0.281. The van der Waals surface area contributed by atoms with Crippen molar-refractivity contribution < 1.29 is 4.79 Å². The zero-order valence-electron chi connectivity index (χ0n) is 11.0. The third-order valence-electron chi connectivity index (χ3n) is 3.54. The maximum absolute atomic E-state index is 12.3. The Morgan fingerprint density at radius 1 is 1.30 bits per heavy atom. The van der Waals surface area contributed by atoms with Crippen LogP contribution in [0.3, 0.4) is 0 Å². The summed E-state index contributed by atoms with van der Waals surface area (Å²) < 4.78 is 0. The second kappa shape index (κ2) is 5.42. The number of hydrogen-bond donors (Lipinski definition) is 3. The molecule has 1 aromatic carbocycles. The second-order valence-corrected chi connectivity index (χ2v) is 4.96. The number of rotatable bonds is 2. The minimum absolute atomic E-state index is 0.115. The molecule has 3 N–H and O–H groups in total. The number of carbonyl (C=O) groups is 1. The first-order chi connectivity index (χ1) is 9.75. The van der Waals surface area contributed by atoms with Crippen molar-refractivity contribution in [1.82, 2.24) is 20.8 Å². The molecule has 2 aromatic rings. The van der Waals surface area contributed by atoms with Gasteiger partial charge in [-0.3, -0.25) is 9.59 Å². The van der Waals surface area contributed by atoms with Crippen LogP contribution in [-0.4, -0.2) is 35.2 Å². The number of hydrogen-bond acceptors (Lipinski definition) is 4. The van der Waals surface area contributed by atoms with Gasteiger partial charge in [0, 0.05) is 18.0 Å². The van der Waals surface area contributed by atoms with Crippen molar-refractivity contribution in [2.45, 2.75) is 18.9 Å². The van der Waals surface area contributed by atoms with E-state index in [1.165, 1.54) is 0 Å². The zero-order chi connectivity index (χ0) is 13.9. The number of nitrogens with one attached hydrogen (secondary N) is 3. The largest absolute Gasteiger partial charge is 0.347 e. The van der Waals surface area contributed by atoms with Gasteiger partial charge in [0.25, 0.3) is 11.5 Å². The van der Waals surface area contributed by atoms with Crippen molar-refractivity contribution in [3.05, 3.63) is 40.3 Å². The monoisotopic (exact) mass is 272 g/mol. The van der Waals surface area contributed by atoms with E-state index in [0.717, 1.165) is 25.9 Å². The third-order valence-corrected chi connectivity index (χ3v) is 3.54. The Morgan fingerprint density at radius 2 is 2.10 bits per heavy atom. The number of aromatic nitrogens is 2. The number of aromatic amines is 1. The van der Waals surface area contributed by atoms with Crippen LogP contribution in [-0.2, 0) is 0 Å². The number of benzene rings is 1. The van der Waals surface area contributed by atoms with Crippen LogP contribution in [0.5, 0.6) is 0 Å². The van der Waals surface area contributed by atoms with Gasteiger partial charge in [0.1, 0.15) is 0 Å². The third kappa shape index (κ3) is 2.42. The Hall–Kier alpha value is -2.21. The number of carbonyl (C=O) groups excluding carboxylic acids is 1. The van der Waals surface area contributed by atoms with Crippen LogP contribution < -0.4 is 16.2 Å². The topological polar surface area (TPSA) is 86.9 Å². The molecule has 0 spiro atoms. The lowest BCUT2D eigenvalue weighted by Gasteiger charge is -2.23. The first-order valence-electron chi connectivity index (χ1n) is 6.75. The Kier molecular flexibility index (Phi) is 3.47. The van der Waals surface area contributed by atoms with E-state index in [4.69, 9.17) is 0 Å². The van der Waals surface area contributed by atoms with E-state index in [1.807, 2.05) is 0 Å². The summed E-state index contributed by atoms with van der Waals surface area (Å²) in [6, 6.07) is 7.11. The first-order valence-corrected chi connectivity index (χ1v) is 6.75. The summed E-state index contributed by atoms with van der Waals surface area (Å²) in [7, 11) is 0. The fourth-order valence-electron chi connectivity index (χ4n) is 2.52. The van der Waals surface area contributed by atoms with Crippen molar-refractivity contribution >= 4 is 16.7 Å². The molecule has 1 aliphatic heterocycles. The molecule has 104 valence electrons. The van der Waals surface area contributed by atoms with E-state index in [2.05, 4.69) is 20.8 Å². The molecule has 0 saturated carbocycles. The van der Waals surface area contributed by atoms with Crippen LogP contribution >= 0.6 is 0 Å². The van der Waals surface area contributed by atoms with Crippen molar-refractivity contribution in [2.75, 3.05) is 13.1 Å². The lowest BCUT2D eigenvalue weighted by atomic mass is 10.1. The van der Waals surface area contributed by atoms with Gasteiger partial charge in [0.15, 0.2) is 5.69 Å². The summed E-state index contributed by atoms with van der Waals surface area (Å²) in [5, 5.41) is 13.5. The van der Waals surface area contributed by atoms with E-state index in [9.17, 15) is 9.59 Å². The molecule has 3 rings (SSSR count). The number of fused-ring (bicyclic) bond motifs is 1. The van der Waals surface area contributed by atoms with Crippen LogP contribution in [0.25, 0.3) is 10.8 Å². The number of nitrogens with zero attached hydrogens (tertiary/aromatic N) is 1. The quantitative estimate of drug-likeness (QED) is 0.739. The van der Waals surface area contributed by atoms with E-state index >= 15 is 0 Å². The van der Waals surface area contributed by atoms with E-state index in [0.29, 0.717) is 10.8 Å². The van der Waals surface area contributed by atoms with Gasteiger partial charge in [0.2, 0.25) is 0 Å². The molecule has 20 heavy (non-hydrogen) atoms. The molecule has 1 amide bonds. The van der Waals surface area contributed by atoms with Gasteiger partial charge in [-0.1, -0.05) is 18.2 Å². The predicted octanol–water partition coefficient (Wildman–Crippen LogP) is 0.405. The molecule has 0 bridgehead atoms. The van der Waals surface area contributed by atoms with Crippen LogP contribution in [0.2, 0.25) is 0 Å². The Labute approximate surface area is 115 Å². The zero-order valence-corrected chi connectivity index (χ0v) is 11.0. The molecule has 1 aromatic heterocycles. The lowest BCUT2D eigenvalue weighted by Crippen LogP contribution is -2.46. The van der Waals surface area contributed by atoms with E-state index in [-0.39, 0.29) is 23.2 Å². The molecular weight excluding hydrogens is 256 g/mol. The second-order valence-electron chi connectivity index (χ2n) is 4.96. The van der Waals surface area contributed by atoms with Crippen LogP contribution in [0.4, 0.5) is 0 Å². The van der Waals surface area contributed by atoms with Gasteiger partial charge in [-0.05, 0) is 25.5 Å². The molecule has 0 radical (unpaired) electrons. The maximum atomic E-state index is 12.3. The molecule has 6 nitrogen and oxygen atoms in total. The molecule has 1 aliphatic rings. The average Bonchev–Trinajstić information content (AvgIpc) is 2.49. The molecule has 1 fully saturated rings. The van der Waals surface area contributed by atoms with Gasteiger partial charge in [-0.15, -0.1) is 0 Å². The highest BCUT2D eigenvalue weighted by atomic mass is 16.2. The smallest absolute Gasteiger partial charge is 0.272 e. The van der Waals surface area contributed by atoms with Crippen LogP contribution in [0.15, 0.2) is 29.1 Å². The van der Waals surface area contributed by atoms with Gasteiger partial charge >= 0.3 is 0 Å². The van der Waals surface area contributed by atoms with Crippen LogP contribution in [0, 0.1) is 0 Å². The first kappa shape index (κ1) is 12.8. The Bertz CT molecular complexity index is 689. The summed E-state index contributed by atoms with van der Waals surface area (Å²) in [5.74, 6) is -0.244. The average molecular weight is 272 g/mol. The minimum Gasteiger partial charge on any atom is -0.347 e. The number of H-pyrrole nitrogens is 1. The van der Waals surface area contributed by atoms with E-state index in [1.54, 1.807) is 24.3 Å². The Balaban J connectivity index is 1.91. The molecule has 1 unspecified atom stereocenters. The van der Waals surface area contributed by atoms with Gasteiger partial charge in [0.05, 0.1) is 5.39 Å².